The van der Waals surface area contributed by atoms with E-state index in [0.717, 1.165) is 25.2 Å². The Balaban J connectivity index is 1.45. The number of ether oxygens (including phenoxy) is 2. The second-order valence-electron chi connectivity index (χ2n) is 12.7. The lowest BCUT2D eigenvalue weighted by atomic mass is 9.89. The van der Waals surface area contributed by atoms with E-state index in [1.54, 1.807) is 82.3 Å². The molecule has 1 saturated heterocycles. The number of carbonyl (C=O) groups excluding carboxylic acids is 3. The number of alkyl halides is 3. The molecule has 0 bridgehead atoms. The van der Waals surface area contributed by atoms with Crippen LogP contribution in [0.5, 0.6) is 0 Å². The first kappa shape index (κ1) is 37.1. The molecule has 10 nitrogen and oxygen atoms in total. The molecule has 0 aromatic heterocycles. The van der Waals surface area contributed by atoms with Gasteiger partial charge in [0.05, 0.1) is 30.2 Å². The van der Waals surface area contributed by atoms with Crippen molar-refractivity contribution in [3.8, 4) is 0 Å². The van der Waals surface area contributed by atoms with E-state index in [4.69, 9.17) is 9.47 Å². The number of hydrogen-bond donors (Lipinski definition) is 4. The maximum atomic E-state index is 13.7. The van der Waals surface area contributed by atoms with Crippen LogP contribution in [0.2, 0.25) is 0 Å². The fourth-order valence-electron chi connectivity index (χ4n) is 4.99. The first-order valence-electron chi connectivity index (χ1n) is 15.8. The first-order chi connectivity index (χ1) is 23.1. The number of nitrogens with one attached hydrogen (secondary N) is 4. The Bertz CT molecular complexity index is 1620. The molecule has 262 valence electrons. The fraction of sp³-hybridized carbons (Fsp3) is 0.361. The van der Waals surface area contributed by atoms with Crippen LogP contribution in [-0.4, -0.2) is 67.8 Å². The maximum absolute atomic E-state index is 13.7. The van der Waals surface area contributed by atoms with Gasteiger partial charge in [-0.2, -0.15) is 13.2 Å². The molecule has 1 aliphatic rings. The maximum Gasteiger partial charge on any atom is 0.416 e. The van der Waals surface area contributed by atoms with Crippen molar-refractivity contribution in [1.82, 2.24) is 10.2 Å². The van der Waals surface area contributed by atoms with E-state index in [1.807, 2.05) is 0 Å². The van der Waals surface area contributed by atoms with Gasteiger partial charge in [-0.05, 0) is 81.3 Å². The van der Waals surface area contributed by atoms with E-state index >= 15 is 0 Å². The van der Waals surface area contributed by atoms with E-state index in [0.29, 0.717) is 48.8 Å². The summed E-state index contributed by atoms with van der Waals surface area (Å²) in [6.07, 6.45) is -2.19. The van der Waals surface area contributed by atoms with Crippen LogP contribution in [0.4, 0.5) is 35.0 Å². The molecular formula is C36H42F3N5O5. The largest absolute Gasteiger partial charge is 0.444 e. The molecular weight excluding hydrogens is 639 g/mol. The van der Waals surface area contributed by atoms with E-state index in [1.165, 1.54) is 18.2 Å². The van der Waals surface area contributed by atoms with Crippen LogP contribution in [0.3, 0.4) is 0 Å². The highest BCUT2D eigenvalue weighted by atomic mass is 19.4. The van der Waals surface area contributed by atoms with Gasteiger partial charge in [0.2, 0.25) is 11.8 Å². The van der Waals surface area contributed by atoms with Crippen LogP contribution in [0, 0.1) is 0 Å². The smallest absolute Gasteiger partial charge is 0.416 e. The van der Waals surface area contributed by atoms with Crippen LogP contribution in [-0.2, 0) is 30.8 Å². The molecule has 0 saturated carbocycles. The number of nitrogens with zero attached hydrogens (tertiary/aromatic N) is 1. The summed E-state index contributed by atoms with van der Waals surface area (Å²) in [7, 11) is 0. The number of carbonyl (C=O) groups is 3. The Hall–Kier alpha value is -4.72. The SMILES string of the molecule is CC(C)(C)OC(=O)Nc1ccccc1NC(=O)C=Cc1ccc(C(C)(NCCN2CCOCC2)C(=O)Nc2ccc(C(F)(F)F)cc2)cc1. The van der Waals surface area contributed by atoms with Crippen molar-refractivity contribution in [2.45, 2.75) is 45.0 Å². The number of amides is 3. The average molecular weight is 682 g/mol. The third-order valence-electron chi connectivity index (χ3n) is 7.67. The van der Waals surface area contributed by atoms with Crippen LogP contribution in [0.15, 0.2) is 78.9 Å². The molecule has 49 heavy (non-hydrogen) atoms. The molecule has 0 spiro atoms. The topological polar surface area (TPSA) is 121 Å². The molecule has 1 aliphatic heterocycles. The van der Waals surface area contributed by atoms with Crippen molar-refractivity contribution in [1.29, 1.82) is 0 Å². The Kier molecular flexibility index (Phi) is 12.2. The summed E-state index contributed by atoms with van der Waals surface area (Å²) >= 11 is 0. The third kappa shape index (κ3) is 11.2. The average Bonchev–Trinajstić information content (AvgIpc) is 3.04. The van der Waals surface area contributed by atoms with Crippen molar-refractivity contribution >= 4 is 41.0 Å². The molecule has 1 unspecified atom stereocenters. The van der Waals surface area contributed by atoms with Crippen LogP contribution in [0.25, 0.3) is 6.08 Å². The second-order valence-corrected chi connectivity index (χ2v) is 12.7. The van der Waals surface area contributed by atoms with Crippen LogP contribution in [0.1, 0.15) is 44.4 Å². The van der Waals surface area contributed by atoms with Gasteiger partial charge in [-0.3, -0.25) is 25.1 Å². The highest BCUT2D eigenvalue weighted by molar-refractivity contribution is 6.05. The van der Waals surface area contributed by atoms with Gasteiger partial charge in [0.1, 0.15) is 11.1 Å². The Morgan fingerprint density at radius 2 is 1.41 bits per heavy atom. The standard InChI is InChI=1S/C36H42F3N5O5/c1-34(2,3)49-33(47)43-30-8-6-5-7-29(30)42-31(45)18-11-25-9-12-26(13-10-25)35(4,40-19-20-44-21-23-48-24-22-44)32(46)41-28-16-14-27(15-17-28)36(37,38)39/h5-18,40H,19-24H2,1-4H3,(H,41,46)(H,42,45)(H,43,47). The van der Waals surface area contributed by atoms with Gasteiger partial charge in [-0.15, -0.1) is 0 Å². The minimum absolute atomic E-state index is 0.229. The van der Waals surface area contributed by atoms with Crippen LogP contribution >= 0.6 is 0 Å². The minimum atomic E-state index is -4.49. The van der Waals surface area contributed by atoms with E-state index < -0.39 is 40.8 Å². The molecule has 0 radical (unpaired) electrons. The van der Waals surface area contributed by atoms with E-state index in [9.17, 15) is 27.6 Å². The molecule has 4 rings (SSSR count). The predicted octanol–water partition coefficient (Wildman–Crippen LogP) is 6.48. The van der Waals surface area contributed by atoms with Gasteiger partial charge in [0, 0.05) is 37.9 Å². The van der Waals surface area contributed by atoms with Gasteiger partial charge >= 0.3 is 12.3 Å². The number of benzene rings is 3. The summed E-state index contributed by atoms with van der Waals surface area (Å²) in [6, 6.07) is 18.0. The molecule has 3 aromatic rings. The molecule has 13 heteroatoms. The highest BCUT2D eigenvalue weighted by Crippen LogP contribution is 2.31. The zero-order chi connectivity index (χ0) is 35.7. The van der Waals surface area contributed by atoms with Crippen molar-refractivity contribution in [3.05, 3.63) is 95.6 Å². The Labute approximate surface area is 284 Å². The van der Waals surface area contributed by atoms with Crippen molar-refractivity contribution in [3.63, 3.8) is 0 Å². The molecule has 0 aliphatic carbocycles. The van der Waals surface area contributed by atoms with E-state index in [2.05, 4.69) is 26.2 Å². The number of hydrogen-bond acceptors (Lipinski definition) is 7. The molecule has 3 aromatic carbocycles. The minimum Gasteiger partial charge on any atom is -0.444 e. The summed E-state index contributed by atoms with van der Waals surface area (Å²) in [5, 5.41) is 11.5. The zero-order valence-corrected chi connectivity index (χ0v) is 27.9. The lowest BCUT2D eigenvalue weighted by Crippen LogP contribution is -2.52. The Morgan fingerprint density at radius 1 is 0.816 bits per heavy atom. The van der Waals surface area contributed by atoms with Gasteiger partial charge in [-0.25, -0.2) is 4.79 Å². The molecule has 1 heterocycles. The first-order valence-corrected chi connectivity index (χ1v) is 15.8. The number of halogens is 3. The van der Waals surface area contributed by atoms with Crippen molar-refractivity contribution in [2.75, 3.05) is 55.3 Å². The van der Waals surface area contributed by atoms with Crippen LogP contribution < -0.4 is 21.3 Å². The van der Waals surface area contributed by atoms with Gasteiger partial charge < -0.3 is 20.1 Å². The predicted molar refractivity (Wildman–Crippen MR) is 183 cm³/mol. The summed E-state index contributed by atoms with van der Waals surface area (Å²) < 4.78 is 49.9. The monoisotopic (exact) mass is 681 g/mol. The summed E-state index contributed by atoms with van der Waals surface area (Å²) in [5.74, 6) is -0.886. The number of morpholine rings is 1. The summed E-state index contributed by atoms with van der Waals surface area (Å²) in [5.41, 5.74) is -0.468. The molecule has 3 amide bonds. The van der Waals surface area contributed by atoms with E-state index in [-0.39, 0.29) is 5.69 Å². The van der Waals surface area contributed by atoms with Gasteiger partial charge in [0.15, 0.2) is 0 Å². The number of para-hydroxylation sites is 2. The molecule has 1 atom stereocenters. The van der Waals surface area contributed by atoms with Gasteiger partial charge in [0.25, 0.3) is 0 Å². The zero-order valence-electron chi connectivity index (χ0n) is 27.9. The molecule has 1 fully saturated rings. The summed E-state index contributed by atoms with van der Waals surface area (Å²) in [6.45, 7) is 10.9. The van der Waals surface area contributed by atoms with Crippen molar-refractivity contribution < 1.29 is 37.0 Å². The lowest BCUT2D eigenvalue weighted by molar-refractivity contribution is -0.137. The second kappa shape index (κ2) is 16.1. The highest BCUT2D eigenvalue weighted by Gasteiger charge is 2.35. The van der Waals surface area contributed by atoms with Crippen molar-refractivity contribution in [2.24, 2.45) is 0 Å². The lowest BCUT2D eigenvalue weighted by Gasteiger charge is -2.33. The third-order valence-corrected chi connectivity index (χ3v) is 7.67. The van der Waals surface area contributed by atoms with Gasteiger partial charge in [-0.1, -0.05) is 36.4 Å². The Morgan fingerprint density at radius 3 is 2.00 bits per heavy atom. The fourth-order valence-corrected chi connectivity index (χ4v) is 4.99. The molecule has 4 N–H and O–H groups in total. The number of anilines is 3. The normalized spacial score (nSPS) is 15.3. The number of rotatable bonds is 11. The summed E-state index contributed by atoms with van der Waals surface area (Å²) in [4.78, 5) is 41.0. The quantitative estimate of drug-likeness (QED) is 0.171.